The number of carboxylic acids is 1. The fourth-order valence-electron chi connectivity index (χ4n) is 2.75. The van der Waals surface area contributed by atoms with Crippen LogP contribution in [0, 0.1) is 11.8 Å². The number of aliphatic carboxylic acids is 1. The second-order valence-electron chi connectivity index (χ2n) is 5.97. The Morgan fingerprint density at radius 2 is 1.96 bits per heavy atom. The summed E-state index contributed by atoms with van der Waals surface area (Å²) in [5, 5.41) is 8.99. The van der Waals surface area contributed by atoms with Crippen molar-refractivity contribution in [3.05, 3.63) is 24.3 Å². The van der Waals surface area contributed by atoms with Crippen LogP contribution in [-0.2, 0) is 19.4 Å². The average Bonchev–Trinajstić information content (AvgIpc) is 3.04. The highest BCUT2D eigenvalue weighted by molar-refractivity contribution is 7.91. The summed E-state index contributed by atoms with van der Waals surface area (Å²) in [4.78, 5) is 24.9. The first kappa shape index (κ1) is 18.3. The van der Waals surface area contributed by atoms with Gasteiger partial charge in [-0.15, -0.1) is 0 Å². The van der Waals surface area contributed by atoms with Gasteiger partial charge in [0.1, 0.15) is 5.75 Å². The molecule has 1 heterocycles. The molecule has 7 nitrogen and oxygen atoms in total. The van der Waals surface area contributed by atoms with Gasteiger partial charge in [0.2, 0.25) is 5.91 Å². The van der Waals surface area contributed by atoms with Gasteiger partial charge in [0.05, 0.1) is 23.7 Å². The van der Waals surface area contributed by atoms with E-state index in [1.807, 2.05) is 0 Å². The van der Waals surface area contributed by atoms with E-state index in [4.69, 9.17) is 9.84 Å². The fraction of sp³-hybridized carbons (Fsp3) is 0.500. The number of ether oxygens (including phenoxy) is 1. The first-order valence-corrected chi connectivity index (χ1v) is 9.28. The summed E-state index contributed by atoms with van der Waals surface area (Å²) in [6, 6.07) is 6.00. The molecule has 1 amide bonds. The normalized spacial score (nSPS) is 19.1. The van der Waals surface area contributed by atoms with Crippen molar-refractivity contribution in [1.82, 2.24) is 4.90 Å². The molecule has 0 spiro atoms. The number of amides is 1. The Bertz CT molecular complexity index is 713. The summed E-state index contributed by atoms with van der Waals surface area (Å²) in [5.41, 5.74) is 0. The Morgan fingerprint density at radius 3 is 2.46 bits per heavy atom. The molecule has 0 unspecified atom stereocenters. The highest BCUT2D eigenvalue weighted by atomic mass is 32.2. The van der Waals surface area contributed by atoms with Crippen LogP contribution in [0.4, 0.5) is 0 Å². The van der Waals surface area contributed by atoms with E-state index < -0.39 is 27.6 Å². The lowest BCUT2D eigenvalue weighted by Gasteiger charge is -2.20. The minimum Gasteiger partial charge on any atom is -0.497 e. The number of rotatable bonds is 6. The number of hydrogen-bond acceptors (Lipinski definition) is 5. The van der Waals surface area contributed by atoms with Crippen molar-refractivity contribution in [2.24, 2.45) is 11.8 Å². The number of methoxy groups -OCH3 is 1. The van der Waals surface area contributed by atoms with Gasteiger partial charge in [-0.25, -0.2) is 8.42 Å². The van der Waals surface area contributed by atoms with Crippen LogP contribution < -0.4 is 4.74 Å². The monoisotopic (exact) mass is 355 g/mol. The molecular weight excluding hydrogens is 334 g/mol. The van der Waals surface area contributed by atoms with Crippen LogP contribution in [0.1, 0.15) is 13.3 Å². The topological polar surface area (TPSA) is 101 Å². The number of likely N-dealkylation sites (tertiary alicyclic amines) is 1. The number of carboxylic acid groups (broad SMARTS) is 1. The van der Waals surface area contributed by atoms with E-state index in [2.05, 4.69) is 0 Å². The number of hydrogen-bond donors (Lipinski definition) is 1. The lowest BCUT2D eigenvalue weighted by Crippen LogP contribution is -2.36. The Hall–Kier alpha value is -2.09. The van der Waals surface area contributed by atoms with Crippen LogP contribution in [0.5, 0.6) is 5.75 Å². The van der Waals surface area contributed by atoms with Gasteiger partial charge in [-0.3, -0.25) is 9.59 Å². The first-order chi connectivity index (χ1) is 11.2. The van der Waals surface area contributed by atoms with E-state index in [0.29, 0.717) is 18.7 Å². The third kappa shape index (κ3) is 4.05. The third-order valence-electron chi connectivity index (χ3n) is 4.16. The van der Waals surface area contributed by atoms with E-state index in [9.17, 15) is 18.0 Å². The molecule has 1 fully saturated rings. The smallest absolute Gasteiger partial charge is 0.308 e. The van der Waals surface area contributed by atoms with Gasteiger partial charge < -0.3 is 14.7 Å². The van der Waals surface area contributed by atoms with Gasteiger partial charge in [0.25, 0.3) is 0 Å². The Morgan fingerprint density at radius 1 is 1.33 bits per heavy atom. The van der Waals surface area contributed by atoms with Gasteiger partial charge >= 0.3 is 5.97 Å². The summed E-state index contributed by atoms with van der Waals surface area (Å²) in [6.07, 6.45) is 0.402. The average molecular weight is 355 g/mol. The van der Waals surface area contributed by atoms with Crippen molar-refractivity contribution >= 4 is 21.7 Å². The molecule has 24 heavy (non-hydrogen) atoms. The summed E-state index contributed by atoms with van der Waals surface area (Å²) < 4.78 is 29.9. The highest BCUT2D eigenvalue weighted by Crippen LogP contribution is 2.22. The molecule has 0 bridgehead atoms. The number of carbonyl (C=O) groups excluding carboxylic acids is 1. The largest absolute Gasteiger partial charge is 0.497 e. The van der Waals surface area contributed by atoms with Crippen molar-refractivity contribution < 1.29 is 27.9 Å². The molecule has 132 valence electrons. The maximum atomic E-state index is 12.4. The molecule has 0 aromatic heterocycles. The zero-order valence-electron chi connectivity index (χ0n) is 13.6. The molecule has 2 atom stereocenters. The van der Waals surface area contributed by atoms with Gasteiger partial charge in [-0.2, -0.15) is 0 Å². The van der Waals surface area contributed by atoms with E-state index in [0.717, 1.165) is 0 Å². The molecule has 1 aromatic carbocycles. The SMILES string of the molecule is COc1ccc(S(=O)(=O)C[C@@H](C)C(=O)N2CC[C@H](C(=O)O)C2)cc1. The lowest BCUT2D eigenvalue weighted by atomic mass is 10.1. The van der Waals surface area contributed by atoms with Crippen LogP contribution >= 0.6 is 0 Å². The molecule has 0 aliphatic carbocycles. The van der Waals surface area contributed by atoms with Crippen molar-refractivity contribution in [2.75, 3.05) is 26.0 Å². The summed E-state index contributed by atoms with van der Waals surface area (Å²) >= 11 is 0. The van der Waals surface area contributed by atoms with E-state index in [1.54, 1.807) is 19.1 Å². The minimum absolute atomic E-state index is 0.132. The van der Waals surface area contributed by atoms with Gasteiger partial charge in [0.15, 0.2) is 9.84 Å². The van der Waals surface area contributed by atoms with E-state index >= 15 is 0 Å². The number of carbonyl (C=O) groups is 2. The molecular formula is C16H21NO6S. The van der Waals surface area contributed by atoms with Crippen molar-refractivity contribution in [1.29, 1.82) is 0 Å². The van der Waals surface area contributed by atoms with E-state index in [-0.39, 0.29) is 23.1 Å². The molecule has 1 aromatic rings. The first-order valence-electron chi connectivity index (χ1n) is 7.63. The molecule has 0 saturated carbocycles. The Balaban J connectivity index is 2.03. The second-order valence-corrected chi connectivity index (χ2v) is 8.00. The zero-order chi connectivity index (χ0) is 17.9. The Labute approximate surface area is 141 Å². The van der Waals surface area contributed by atoms with E-state index in [1.165, 1.54) is 24.1 Å². The standard InChI is InChI=1S/C16H21NO6S/c1-11(15(18)17-8-7-12(9-17)16(19)20)10-24(21,22)14-5-3-13(23-2)4-6-14/h3-6,11-12H,7-10H2,1-2H3,(H,19,20)/t11-,12+/m1/s1. The number of nitrogens with zero attached hydrogens (tertiary/aromatic N) is 1. The molecule has 1 aliphatic rings. The summed E-state index contributed by atoms with van der Waals surface area (Å²) in [5.74, 6) is -2.31. The predicted molar refractivity (Wildman–Crippen MR) is 86.5 cm³/mol. The van der Waals surface area contributed by atoms with Gasteiger partial charge in [0, 0.05) is 19.0 Å². The van der Waals surface area contributed by atoms with Gasteiger partial charge in [-0.1, -0.05) is 6.92 Å². The van der Waals surface area contributed by atoms with Crippen molar-refractivity contribution in [3.63, 3.8) is 0 Å². The van der Waals surface area contributed by atoms with Crippen LogP contribution in [0.2, 0.25) is 0 Å². The quantitative estimate of drug-likeness (QED) is 0.818. The molecule has 8 heteroatoms. The minimum atomic E-state index is -3.61. The summed E-state index contributed by atoms with van der Waals surface area (Å²) in [6.45, 7) is 2.04. The second kappa shape index (κ2) is 7.21. The van der Waals surface area contributed by atoms with Crippen LogP contribution in [-0.4, -0.2) is 56.3 Å². The van der Waals surface area contributed by atoms with Crippen molar-refractivity contribution in [3.8, 4) is 5.75 Å². The number of benzene rings is 1. The molecule has 1 N–H and O–H groups in total. The predicted octanol–water partition coefficient (Wildman–Crippen LogP) is 1.04. The third-order valence-corrected chi connectivity index (χ3v) is 6.09. The lowest BCUT2D eigenvalue weighted by molar-refractivity contribution is -0.141. The Kier molecular flexibility index (Phi) is 5.48. The zero-order valence-corrected chi connectivity index (χ0v) is 14.5. The molecule has 0 radical (unpaired) electrons. The maximum Gasteiger partial charge on any atom is 0.308 e. The molecule has 1 aliphatic heterocycles. The highest BCUT2D eigenvalue weighted by Gasteiger charge is 2.34. The molecule has 2 rings (SSSR count). The summed E-state index contributed by atoms with van der Waals surface area (Å²) in [7, 11) is -2.12. The fourth-order valence-corrected chi connectivity index (χ4v) is 4.30. The number of sulfone groups is 1. The maximum absolute atomic E-state index is 12.4. The molecule has 1 saturated heterocycles. The van der Waals surface area contributed by atoms with Crippen LogP contribution in [0.25, 0.3) is 0 Å². The van der Waals surface area contributed by atoms with Crippen LogP contribution in [0.3, 0.4) is 0 Å². The van der Waals surface area contributed by atoms with Crippen LogP contribution in [0.15, 0.2) is 29.2 Å². The van der Waals surface area contributed by atoms with Gasteiger partial charge in [-0.05, 0) is 30.7 Å². The van der Waals surface area contributed by atoms with Crippen molar-refractivity contribution in [2.45, 2.75) is 18.2 Å².